The number of hydrogen-bond acceptors (Lipinski definition) is 5. The van der Waals surface area contributed by atoms with Crippen molar-refractivity contribution in [1.82, 2.24) is 9.62 Å². The number of benzene rings is 1. The molecule has 0 aliphatic carbocycles. The van der Waals surface area contributed by atoms with Gasteiger partial charge in [0, 0.05) is 19.6 Å². The summed E-state index contributed by atoms with van der Waals surface area (Å²) in [6.45, 7) is 7.72. The van der Waals surface area contributed by atoms with Crippen LogP contribution in [0.2, 0.25) is 0 Å². The summed E-state index contributed by atoms with van der Waals surface area (Å²) >= 11 is 0. The van der Waals surface area contributed by atoms with Gasteiger partial charge in [0.1, 0.15) is 12.0 Å². The van der Waals surface area contributed by atoms with Crippen molar-refractivity contribution in [2.45, 2.75) is 38.5 Å². The van der Waals surface area contributed by atoms with E-state index >= 15 is 0 Å². The molecule has 1 aliphatic rings. The van der Waals surface area contributed by atoms with Crippen LogP contribution in [0.3, 0.4) is 0 Å². The quantitative estimate of drug-likeness (QED) is 0.743. The van der Waals surface area contributed by atoms with Crippen molar-refractivity contribution in [1.29, 1.82) is 0 Å². The molecule has 7 nitrogen and oxygen atoms in total. The highest BCUT2D eigenvalue weighted by Gasteiger charge is 2.26. The molecule has 1 fully saturated rings. The molecular weight excluding hydrogens is 392 g/mol. The van der Waals surface area contributed by atoms with Gasteiger partial charge in [-0.3, -0.25) is 4.79 Å². The Morgan fingerprint density at radius 3 is 2.45 bits per heavy atom. The van der Waals surface area contributed by atoms with Gasteiger partial charge in [0.25, 0.3) is 5.91 Å². The van der Waals surface area contributed by atoms with Crippen molar-refractivity contribution >= 4 is 15.9 Å². The molecule has 1 amide bonds. The maximum Gasteiger partial charge on any atom is 0.257 e. The van der Waals surface area contributed by atoms with Gasteiger partial charge in [-0.25, -0.2) is 13.1 Å². The molecule has 0 atom stereocenters. The van der Waals surface area contributed by atoms with Crippen LogP contribution >= 0.6 is 0 Å². The first-order valence-electron chi connectivity index (χ1n) is 9.87. The minimum atomic E-state index is -3.60. The lowest BCUT2D eigenvalue weighted by atomic mass is 9.97. The van der Waals surface area contributed by atoms with Crippen LogP contribution < -0.4 is 9.46 Å². The third kappa shape index (κ3) is 5.00. The van der Waals surface area contributed by atoms with Gasteiger partial charge in [0.2, 0.25) is 10.0 Å². The second-order valence-corrected chi connectivity index (χ2v) is 9.19. The molecule has 0 unspecified atom stereocenters. The maximum atomic E-state index is 12.7. The average molecular weight is 421 g/mol. The Kier molecular flexibility index (Phi) is 6.64. The molecule has 158 valence electrons. The molecule has 2 aromatic rings. The van der Waals surface area contributed by atoms with Gasteiger partial charge < -0.3 is 14.1 Å². The van der Waals surface area contributed by atoms with Gasteiger partial charge in [-0.05, 0) is 68.9 Å². The van der Waals surface area contributed by atoms with E-state index in [4.69, 9.17) is 9.15 Å². The maximum absolute atomic E-state index is 12.7. The first-order valence-corrected chi connectivity index (χ1v) is 11.3. The molecule has 1 aromatic carbocycles. The lowest BCUT2D eigenvalue weighted by molar-refractivity contribution is 0.0691. The van der Waals surface area contributed by atoms with E-state index in [1.807, 2.05) is 20.8 Å². The second-order valence-electron chi connectivity index (χ2n) is 7.42. The van der Waals surface area contributed by atoms with E-state index < -0.39 is 10.0 Å². The number of likely N-dealkylation sites (tertiary alicyclic amines) is 1. The molecule has 8 heteroatoms. The first-order chi connectivity index (χ1) is 13.8. The molecule has 0 saturated carbocycles. The van der Waals surface area contributed by atoms with Crippen LogP contribution in [-0.4, -0.2) is 45.5 Å². The van der Waals surface area contributed by atoms with Gasteiger partial charge in [0.15, 0.2) is 0 Å². The topological polar surface area (TPSA) is 88.9 Å². The SMILES string of the molecule is CCOc1c(C)cc(S(=O)(=O)NCC2CCN(C(=O)c3ccoc3)CC2)cc1C. The van der Waals surface area contributed by atoms with Crippen LogP contribution in [-0.2, 0) is 10.0 Å². The third-order valence-electron chi connectivity index (χ3n) is 5.26. The Morgan fingerprint density at radius 2 is 1.90 bits per heavy atom. The Balaban J connectivity index is 1.57. The van der Waals surface area contributed by atoms with Crippen molar-refractivity contribution in [3.63, 3.8) is 0 Å². The van der Waals surface area contributed by atoms with Crippen LogP contribution in [0.5, 0.6) is 5.75 Å². The highest BCUT2D eigenvalue weighted by atomic mass is 32.2. The van der Waals surface area contributed by atoms with Gasteiger partial charge in [-0.2, -0.15) is 0 Å². The van der Waals surface area contributed by atoms with Gasteiger partial charge in [0.05, 0.1) is 23.3 Å². The van der Waals surface area contributed by atoms with Crippen LogP contribution in [0.15, 0.2) is 40.0 Å². The summed E-state index contributed by atoms with van der Waals surface area (Å²) < 4.78 is 38.8. The Hall–Kier alpha value is -2.32. The number of amides is 1. The van der Waals surface area contributed by atoms with Crippen LogP contribution in [0.25, 0.3) is 0 Å². The Morgan fingerprint density at radius 1 is 1.24 bits per heavy atom. The predicted octanol–water partition coefficient (Wildman–Crippen LogP) is 3.13. The summed E-state index contributed by atoms with van der Waals surface area (Å²) in [4.78, 5) is 14.4. The molecule has 29 heavy (non-hydrogen) atoms. The Bertz CT molecular complexity index is 922. The number of aryl methyl sites for hydroxylation is 2. The van der Waals surface area contributed by atoms with Crippen molar-refractivity contribution < 1.29 is 22.4 Å². The number of carbonyl (C=O) groups is 1. The van der Waals surface area contributed by atoms with Gasteiger partial charge in [-0.15, -0.1) is 0 Å². The summed E-state index contributed by atoms with van der Waals surface area (Å²) in [7, 11) is -3.60. The molecule has 1 aromatic heterocycles. The zero-order valence-corrected chi connectivity index (χ0v) is 17.9. The van der Waals surface area contributed by atoms with Gasteiger partial charge >= 0.3 is 0 Å². The average Bonchev–Trinajstić information content (AvgIpc) is 3.24. The molecule has 1 saturated heterocycles. The zero-order valence-electron chi connectivity index (χ0n) is 17.1. The van der Waals surface area contributed by atoms with Crippen molar-refractivity contribution in [2.75, 3.05) is 26.2 Å². The monoisotopic (exact) mass is 420 g/mol. The summed E-state index contributed by atoms with van der Waals surface area (Å²) in [5.41, 5.74) is 2.15. The number of carbonyl (C=O) groups excluding carboxylic acids is 1. The van der Waals surface area contributed by atoms with E-state index in [-0.39, 0.29) is 16.7 Å². The fourth-order valence-corrected chi connectivity index (χ4v) is 4.94. The van der Waals surface area contributed by atoms with Crippen LogP contribution in [0, 0.1) is 19.8 Å². The number of nitrogens with one attached hydrogen (secondary N) is 1. The summed E-state index contributed by atoms with van der Waals surface area (Å²) in [5.74, 6) is 0.891. The van der Waals surface area contributed by atoms with Crippen LogP contribution in [0.1, 0.15) is 41.3 Å². The van der Waals surface area contributed by atoms with E-state index in [9.17, 15) is 13.2 Å². The van der Waals surface area contributed by atoms with Crippen molar-refractivity contribution in [3.8, 4) is 5.75 Å². The largest absolute Gasteiger partial charge is 0.493 e. The number of sulfonamides is 1. The highest BCUT2D eigenvalue weighted by molar-refractivity contribution is 7.89. The van der Waals surface area contributed by atoms with Crippen LogP contribution in [0.4, 0.5) is 0 Å². The smallest absolute Gasteiger partial charge is 0.257 e. The number of rotatable bonds is 7. The number of furan rings is 1. The first kappa shape index (κ1) is 21.4. The lowest BCUT2D eigenvalue weighted by Gasteiger charge is -2.31. The third-order valence-corrected chi connectivity index (χ3v) is 6.67. The molecule has 3 rings (SSSR count). The fourth-order valence-electron chi connectivity index (χ4n) is 3.66. The Labute approximate surface area is 172 Å². The molecule has 2 heterocycles. The minimum absolute atomic E-state index is 0.0434. The standard InChI is InChI=1S/C21H28N2O5S/c1-4-28-20-15(2)11-19(12-16(20)3)29(25,26)22-13-17-5-8-23(9-6-17)21(24)18-7-10-27-14-18/h7,10-12,14,17,22H,4-6,8-9,13H2,1-3H3. The van der Waals surface area contributed by atoms with Crippen molar-refractivity contribution in [3.05, 3.63) is 47.4 Å². The highest BCUT2D eigenvalue weighted by Crippen LogP contribution is 2.27. The molecule has 0 bridgehead atoms. The molecule has 0 spiro atoms. The van der Waals surface area contributed by atoms with E-state index in [1.54, 1.807) is 23.1 Å². The lowest BCUT2D eigenvalue weighted by Crippen LogP contribution is -2.41. The molecule has 1 N–H and O–H groups in total. The molecular formula is C21H28N2O5S. The van der Waals surface area contributed by atoms with E-state index in [2.05, 4.69) is 4.72 Å². The van der Waals surface area contributed by atoms with E-state index in [1.165, 1.54) is 12.5 Å². The van der Waals surface area contributed by atoms with E-state index in [0.717, 1.165) is 29.7 Å². The number of ether oxygens (including phenoxy) is 1. The molecule has 0 radical (unpaired) electrons. The molecule has 1 aliphatic heterocycles. The normalized spacial score (nSPS) is 15.5. The fraction of sp³-hybridized carbons (Fsp3) is 0.476. The summed E-state index contributed by atoms with van der Waals surface area (Å²) in [6, 6.07) is 4.95. The second kappa shape index (κ2) is 9.00. The number of hydrogen-bond donors (Lipinski definition) is 1. The zero-order chi connectivity index (χ0) is 21.0. The number of piperidine rings is 1. The number of nitrogens with zero attached hydrogens (tertiary/aromatic N) is 1. The summed E-state index contributed by atoms with van der Waals surface area (Å²) in [5, 5.41) is 0. The van der Waals surface area contributed by atoms with Crippen molar-refractivity contribution in [2.24, 2.45) is 5.92 Å². The van der Waals surface area contributed by atoms with Gasteiger partial charge in [-0.1, -0.05) is 0 Å². The minimum Gasteiger partial charge on any atom is -0.493 e. The van der Waals surface area contributed by atoms with E-state index in [0.29, 0.717) is 31.8 Å². The predicted molar refractivity (Wildman–Crippen MR) is 110 cm³/mol. The summed E-state index contributed by atoms with van der Waals surface area (Å²) in [6.07, 6.45) is 4.45.